The van der Waals surface area contributed by atoms with Crippen LogP contribution in [-0.4, -0.2) is 15.5 Å². The summed E-state index contributed by atoms with van der Waals surface area (Å²) in [6.45, 7) is 2.06. The fourth-order valence-corrected chi connectivity index (χ4v) is 5.09. The lowest BCUT2D eigenvalue weighted by atomic mass is 9.81. The van der Waals surface area contributed by atoms with Gasteiger partial charge in [0.1, 0.15) is 17.4 Å². The highest BCUT2D eigenvalue weighted by Crippen LogP contribution is 2.37. The monoisotopic (exact) mass is 435 g/mol. The molecular formula is C29H29N3O. The number of carbonyl (C=O) groups is 1. The Morgan fingerprint density at radius 3 is 1.88 bits per heavy atom. The molecule has 1 N–H and O–H groups in total. The van der Waals surface area contributed by atoms with E-state index in [9.17, 15) is 4.79 Å². The van der Waals surface area contributed by atoms with Gasteiger partial charge < -0.3 is 9.88 Å². The number of amides is 1. The Labute approximate surface area is 195 Å². The first-order valence-electron chi connectivity index (χ1n) is 11.6. The molecule has 3 aromatic carbocycles. The van der Waals surface area contributed by atoms with E-state index in [2.05, 4.69) is 89.6 Å². The maximum Gasteiger partial charge on any atom is 0.243 e. The van der Waals surface area contributed by atoms with Gasteiger partial charge in [0, 0.05) is 24.7 Å². The van der Waals surface area contributed by atoms with Crippen LogP contribution in [0, 0.1) is 6.92 Å². The number of rotatable bonds is 7. The highest BCUT2D eigenvalue weighted by molar-refractivity contribution is 5.83. The average Bonchev–Trinajstić information content (AvgIpc) is 3.23. The number of hydrogen-bond donors (Lipinski definition) is 1. The van der Waals surface area contributed by atoms with E-state index in [1.807, 2.05) is 24.4 Å². The molecule has 4 aromatic rings. The van der Waals surface area contributed by atoms with E-state index in [1.165, 1.54) is 16.7 Å². The first-order valence-corrected chi connectivity index (χ1v) is 11.6. The lowest BCUT2D eigenvalue weighted by Crippen LogP contribution is -2.57. The van der Waals surface area contributed by atoms with Gasteiger partial charge in [-0.05, 0) is 36.5 Å². The van der Waals surface area contributed by atoms with Crippen LogP contribution in [0.25, 0.3) is 0 Å². The average molecular weight is 436 g/mol. The number of aromatic nitrogens is 2. The van der Waals surface area contributed by atoms with Gasteiger partial charge in [-0.2, -0.15) is 0 Å². The first kappa shape index (κ1) is 21.2. The number of nitrogens with one attached hydrogen (secondary N) is 1. The number of carbonyl (C=O) groups excluding carboxylic acids is 1. The number of hydrogen-bond acceptors (Lipinski definition) is 2. The van der Waals surface area contributed by atoms with Gasteiger partial charge in [0.15, 0.2) is 0 Å². The molecule has 0 saturated carbocycles. The fraction of sp³-hybridized carbons (Fsp3) is 0.241. The minimum atomic E-state index is -0.600. The number of aryl methyl sites for hydroxylation is 2. The largest absolute Gasteiger partial charge is 0.341 e. The summed E-state index contributed by atoms with van der Waals surface area (Å²) in [5, 5.41) is 3.46. The Morgan fingerprint density at radius 2 is 1.33 bits per heavy atom. The van der Waals surface area contributed by atoms with Crippen molar-refractivity contribution in [2.45, 2.75) is 44.2 Å². The van der Waals surface area contributed by atoms with E-state index in [1.54, 1.807) is 0 Å². The Morgan fingerprint density at radius 1 is 0.818 bits per heavy atom. The summed E-state index contributed by atoms with van der Waals surface area (Å²) in [7, 11) is 0. The topological polar surface area (TPSA) is 46.9 Å². The zero-order chi connectivity index (χ0) is 22.7. The van der Waals surface area contributed by atoms with Crippen molar-refractivity contribution in [1.82, 2.24) is 14.9 Å². The van der Waals surface area contributed by atoms with Gasteiger partial charge in [0.05, 0.1) is 0 Å². The Balaban J connectivity index is 1.54. The van der Waals surface area contributed by atoms with Crippen molar-refractivity contribution in [3.8, 4) is 0 Å². The van der Waals surface area contributed by atoms with E-state index >= 15 is 0 Å². The molecule has 5 rings (SSSR count). The summed E-state index contributed by atoms with van der Waals surface area (Å²) in [4.78, 5) is 18.6. The molecule has 1 unspecified atom stereocenters. The van der Waals surface area contributed by atoms with Crippen molar-refractivity contribution in [2.24, 2.45) is 0 Å². The molecule has 0 bridgehead atoms. The quantitative estimate of drug-likeness (QED) is 0.435. The van der Waals surface area contributed by atoms with Crippen LogP contribution in [-0.2, 0) is 29.6 Å². The summed E-state index contributed by atoms with van der Waals surface area (Å²) < 4.78 is 2.19. The molecule has 1 aliphatic heterocycles. The van der Waals surface area contributed by atoms with Crippen molar-refractivity contribution < 1.29 is 4.79 Å². The number of nitrogens with zero attached hydrogens (tertiary/aromatic N) is 2. The fourth-order valence-electron chi connectivity index (χ4n) is 5.09. The maximum atomic E-state index is 13.7. The summed E-state index contributed by atoms with van der Waals surface area (Å²) in [5.74, 6) is 1.02. The molecule has 1 amide bonds. The molecule has 4 heteroatoms. The van der Waals surface area contributed by atoms with Crippen LogP contribution in [0.5, 0.6) is 0 Å². The Bertz CT molecular complexity index is 1170. The molecule has 1 atom stereocenters. The predicted octanol–water partition coefficient (Wildman–Crippen LogP) is 5.18. The first-order chi connectivity index (χ1) is 16.1. The second-order valence-electron chi connectivity index (χ2n) is 9.03. The molecule has 4 nitrogen and oxygen atoms in total. The zero-order valence-corrected chi connectivity index (χ0v) is 18.9. The van der Waals surface area contributed by atoms with Gasteiger partial charge in [-0.25, -0.2) is 4.98 Å². The standard InChI is InChI=1S/C29H29N3O/c1-22-21-30-28-29(19-24-13-7-3-8-14-24,20-25-15-9-4-10-16-25)31-27(33)26(32(22)28)18-17-23-11-5-2-6-12-23/h2-16,21,26H,17-20H2,1H3,(H,31,33). The Kier molecular flexibility index (Phi) is 5.82. The second-order valence-corrected chi connectivity index (χ2v) is 9.03. The Hall–Kier alpha value is -3.66. The third-order valence-corrected chi connectivity index (χ3v) is 6.63. The van der Waals surface area contributed by atoms with Crippen molar-refractivity contribution in [3.05, 3.63) is 125 Å². The van der Waals surface area contributed by atoms with E-state index < -0.39 is 5.54 Å². The summed E-state index contributed by atoms with van der Waals surface area (Å²) in [6.07, 6.45) is 4.88. The molecule has 0 saturated heterocycles. The van der Waals surface area contributed by atoms with Crippen molar-refractivity contribution in [2.75, 3.05) is 0 Å². The summed E-state index contributed by atoms with van der Waals surface area (Å²) in [5.41, 5.74) is 4.04. The number of benzene rings is 3. The van der Waals surface area contributed by atoms with E-state index in [4.69, 9.17) is 4.98 Å². The van der Waals surface area contributed by atoms with Crippen molar-refractivity contribution in [3.63, 3.8) is 0 Å². The normalized spacial score (nSPS) is 16.8. The third-order valence-electron chi connectivity index (χ3n) is 6.63. The highest BCUT2D eigenvalue weighted by atomic mass is 16.2. The van der Waals surface area contributed by atoms with Crippen LogP contribution in [0.4, 0.5) is 0 Å². The minimum absolute atomic E-state index is 0.0754. The van der Waals surface area contributed by atoms with E-state index in [-0.39, 0.29) is 11.9 Å². The molecule has 1 aromatic heterocycles. The number of imidazole rings is 1. The van der Waals surface area contributed by atoms with Crippen LogP contribution >= 0.6 is 0 Å². The minimum Gasteiger partial charge on any atom is -0.341 e. The zero-order valence-electron chi connectivity index (χ0n) is 18.9. The van der Waals surface area contributed by atoms with E-state index in [0.717, 1.165) is 24.4 Å². The third kappa shape index (κ3) is 4.34. The molecule has 0 aliphatic carbocycles. The van der Waals surface area contributed by atoms with Crippen LogP contribution in [0.3, 0.4) is 0 Å². The van der Waals surface area contributed by atoms with E-state index in [0.29, 0.717) is 12.8 Å². The van der Waals surface area contributed by atoms with Crippen LogP contribution in [0.15, 0.2) is 97.2 Å². The lowest BCUT2D eigenvalue weighted by Gasteiger charge is -2.42. The SMILES string of the molecule is Cc1cnc2n1C(CCc1ccccc1)C(=O)NC2(Cc1ccccc1)Cc1ccccc1. The summed E-state index contributed by atoms with van der Waals surface area (Å²) >= 11 is 0. The highest BCUT2D eigenvalue weighted by Gasteiger charge is 2.45. The summed E-state index contributed by atoms with van der Waals surface area (Å²) in [6, 6.07) is 30.9. The molecule has 0 radical (unpaired) electrons. The smallest absolute Gasteiger partial charge is 0.243 e. The van der Waals surface area contributed by atoms with Gasteiger partial charge in [0.2, 0.25) is 5.91 Å². The molecule has 0 spiro atoms. The second kappa shape index (κ2) is 9.07. The van der Waals surface area contributed by atoms with Crippen molar-refractivity contribution in [1.29, 1.82) is 0 Å². The van der Waals surface area contributed by atoms with Gasteiger partial charge in [-0.3, -0.25) is 4.79 Å². The lowest BCUT2D eigenvalue weighted by molar-refractivity contribution is -0.128. The van der Waals surface area contributed by atoms with Gasteiger partial charge in [0.25, 0.3) is 0 Å². The molecule has 2 heterocycles. The van der Waals surface area contributed by atoms with Gasteiger partial charge in [-0.1, -0.05) is 91.0 Å². The number of fused-ring (bicyclic) bond motifs is 1. The molecular weight excluding hydrogens is 406 g/mol. The van der Waals surface area contributed by atoms with Crippen LogP contribution in [0.1, 0.15) is 40.7 Å². The van der Waals surface area contributed by atoms with Gasteiger partial charge in [-0.15, -0.1) is 0 Å². The maximum absolute atomic E-state index is 13.7. The molecule has 166 valence electrons. The molecule has 1 aliphatic rings. The van der Waals surface area contributed by atoms with Crippen LogP contribution < -0.4 is 5.32 Å². The van der Waals surface area contributed by atoms with Crippen LogP contribution in [0.2, 0.25) is 0 Å². The molecule has 0 fully saturated rings. The predicted molar refractivity (Wildman–Crippen MR) is 131 cm³/mol. The molecule has 33 heavy (non-hydrogen) atoms. The van der Waals surface area contributed by atoms with Crippen molar-refractivity contribution >= 4 is 5.91 Å². The van der Waals surface area contributed by atoms with Gasteiger partial charge >= 0.3 is 0 Å².